The molecule has 2 aromatic rings. The topological polar surface area (TPSA) is 102 Å². The number of nitro groups is 1. The third-order valence-electron chi connectivity index (χ3n) is 4.80. The van der Waals surface area contributed by atoms with Crippen LogP contribution < -0.4 is 10.2 Å². The zero-order valence-electron chi connectivity index (χ0n) is 15.8. The Kier molecular flexibility index (Phi) is 6.55. The normalized spacial score (nSPS) is 14.3. The lowest BCUT2D eigenvalue weighted by atomic mass is 9.96. The molecular weight excluding hydrogens is 400 g/mol. The number of rotatable bonds is 6. The number of anilines is 2. The second kappa shape index (κ2) is 9.29. The number of nitrogens with zero attached hydrogens (tertiary/aromatic N) is 2. The van der Waals surface area contributed by atoms with E-state index in [1.54, 1.807) is 18.2 Å². The Morgan fingerprint density at radius 2 is 1.87 bits per heavy atom. The van der Waals surface area contributed by atoms with Crippen molar-refractivity contribution >= 4 is 28.9 Å². The van der Waals surface area contributed by atoms with E-state index in [-0.39, 0.29) is 11.4 Å². The van der Waals surface area contributed by atoms with Crippen LogP contribution in [-0.2, 0) is 14.3 Å². The first-order chi connectivity index (χ1) is 14.3. The van der Waals surface area contributed by atoms with Gasteiger partial charge in [-0.05, 0) is 31.0 Å². The standard InChI is InChI=1S/C20H19F2N3O5/c21-14-5-6-16(15(22)11-14)23-19(26)12-30-20(27)13-7-9-24(10-8-13)17-3-1-2-4-18(17)25(28)29/h1-6,11,13H,7-10,12H2,(H,23,26). The minimum Gasteiger partial charge on any atom is -0.455 e. The van der Waals surface area contributed by atoms with Gasteiger partial charge in [-0.1, -0.05) is 12.1 Å². The number of carbonyl (C=O) groups excluding carboxylic acids is 2. The van der Waals surface area contributed by atoms with Crippen molar-refractivity contribution in [2.45, 2.75) is 12.8 Å². The molecule has 1 aliphatic rings. The van der Waals surface area contributed by atoms with Gasteiger partial charge in [0.25, 0.3) is 11.6 Å². The van der Waals surface area contributed by atoms with Crippen molar-refractivity contribution in [1.29, 1.82) is 0 Å². The molecule has 0 saturated carbocycles. The Morgan fingerprint density at radius 3 is 2.53 bits per heavy atom. The van der Waals surface area contributed by atoms with Crippen LogP contribution in [0.5, 0.6) is 0 Å². The predicted molar refractivity (Wildman–Crippen MR) is 104 cm³/mol. The second-order valence-electron chi connectivity index (χ2n) is 6.79. The average molecular weight is 419 g/mol. The van der Waals surface area contributed by atoms with Crippen LogP contribution in [0.2, 0.25) is 0 Å². The molecule has 1 amide bonds. The van der Waals surface area contributed by atoms with E-state index in [1.807, 2.05) is 4.90 Å². The summed E-state index contributed by atoms with van der Waals surface area (Å²) in [5, 5.41) is 13.4. The number of ether oxygens (including phenoxy) is 1. The molecule has 1 N–H and O–H groups in total. The maximum absolute atomic E-state index is 13.5. The van der Waals surface area contributed by atoms with Crippen LogP contribution in [0, 0.1) is 27.7 Å². The largest absolute Gasteiger partial charge is 0.455 e. The highest BCUT2D eigenvalue weighted by Crippen LogP contribution is 2.31. The zero-order valence-corrected chi connectivity index (χ0v) is 15.8. The molecule has 1 fully saturated rings. The number of halogens is 2. The smallest absolute Gasteiger partial charge is 0.309 e. The molecule has 3 rings (SSSR count). The predicted octanol–water partition coefficient (Wildman–Crippen LogP) is 3.27. The van der Waals surface area contributed by atoms with Gasteiger partial charge in [-0.25, -0.2) is 8.78 Å². The molecule has 0 spiro atoms. The molecule has 1 saturated heterocycles. The summed E-state index contributed by atoms with van der Waals surface area (Å²) in [4.78, 5) is 36.7. The number of piperidine rings is 1. The molecule has 2 aromatic carbocycles. The van der Waals surface area contributed by atoms with Gasteiger partial charge < -0.3 is 15.0 Å². The first-order valence-corrected chi connectivity index (χ1v) is 9.25. The molecule has 0 radical (unpaired) electrons. The summed E-state index contributed by atoms with van der Waals surface area (Å²) in [6.45, 7) is 0.259. The Hall–Kier alpha value is -3.56. The maximum Gasteiger partial charge on any atom is 0.309 e. The van der Waals surface area contributed by atoms with Crippen molar-refractivity contribution < 1.29 is 28.0 Å². The first-order valence-electron chi connectivity index (χ1n) is 9.25. The fraction of sp³-hybridized carbons (Fsp3) is 0.300. The van der Waals surface area contributed by atoms with Crippen LogP contribution in [0.4, 0.5) is 25.8 Å². The van der Waals surface area contributed by atoms with E-state index in [4.69, 9.17) is 4.74 Å². The van der Waals surface area contributed by atoms with Crippen LogP contribution in [0.15, 0.2) is 42.5 Å². The summed E-state index contributed by atoms with van der Waals surface area (Å²) in [7, 11) is 0. The minimum atomic E-state index is -0.933. The first kappa shape index (κ1) is 21.2. The number of hydrogen-bond acceptors (Lipinski definition) is 6. The molecule has 10 heteroatoms. The maximum atomic E-state index is 13.5. The molecule has 1 heterocycles. The van der Waals surface area contributed by atoms with Gasteiger partial charge in [-0.3, -0.25) is 19.7 Å². The SMILES string of the molecule is O=C(COC(=O)C1CCN(c2ccccc2[N+](=O)[O-])CC1)Nc1ccc(F)cc1F. The van der Waals surface area contributed by atoms with Crippen molar-refractivity contribution in [3.8, 4) is 0 Å². The number of nitrogens with one attached hydrogen (secondary N) is 1. The molecule has 1 aliphatic heterocycles. The van der Waals surface area contributed by atoms with Crippen molar-refractivity contribution in [3.63, 3.8) is 0 Å². The van der Waals surface area contributed by atoms with Gasteiger partial charge in [0.1, 0.15) is 17.3 Å². The Bertz CT molecular complexity index is 961. The van der Waals surface area contributed by atoms with Gasteiger partial charge >= 0.3 is 5.97 Å². The van der Waals surface area contributed by atoms with Crippen molar-refractivity contribution in [2.75, 3.05) is 29.9 Å². The van der Waals surface area contributed by atoms with Crippen LogP contribution >= 0.6 is 0 Å². The fourth-order valence-electron chi connectivity index (χ4n) is 3.27. The number of amides is 1. The van der Waals surface area contributed by atoms with Crippen LogP contribution in [0.1, 0.15) is 12.8 Å². The van der Waals surface area contributed by atoms with Gasteiger partial charge in [0.05, 0.1) is 16.5 Å². The van der Waals surface area contributed by atoms with Crippen molar-refractivity contribution in [2.24, 2.45) is 5.92 Å². The summed E-state index contributed by atoms with van der Waals surface area (Å²) in [5.74, 6) is -3.46. The number of hydrogen-bond donors (Lipinski definition) is 1. The van der Waals surface area contributed by atoms with E-state index in [0.717, 1.165) is 12.1 Å². The van der Waals surface area contributed by atoms with E-state index >= 15 is 0 Å². The highest BCUT2D eigenvalue weighted by atomic mass is 19.1. The summed E-state index contributed by atoms with van der Waals surface area (Å²) >= 11 is 0. The van der Waals surface area contributed by atoms with Crippen molar-refractivity contribution in [3.05, 3.63) is 64.2 Å². The van der Waals surface area contributed by atoms with Crippen LogP contribution in [-0.4, -0.2) is 36.5 Å². The van der Waals surface area contributed by atoms with E-state index in [1.165, 1.54) is 6.07 Å². The quantitative estimate of drug-likeness (QED) is 0.438. The van der Waals surface area contributed by atoms with E-state index in [2.05, 4.69) is 5.32 Å². The van der Waals surface area contributed by atoms with Gasteiger partial charge in [-0.15, -0.1) is 0 Å². The van der Waals surface area contributed by atoms with Gasteiger partial charge in [0.2, 0.25) is 0 Å². The average Bonchev–Trinajstić information content (AvgIpc) is 2.74. The molecular formula is C20H19F2N3O5. The number of nitro benzene ring substituents is 1. The lowest BCUT2D eigenvalue weighted by molar-refractivity contribution is -0.384. The van der Waals surface area contributed by atoms with E-state index in [9.17, 15) is 28.5 Å². The molecule has 0 aromatic heterocycles. The zero-order chi connectivity index (χ0) is 21.7. The summed E-state index contributed by atoms with van der Waals surface area (Å²) in [6, 6.07) is 9.10. The number of para-hydroxylation sites is 2. The molecule has 0 unspecified atom stereocenters. The highest BCUT2D eigenvalue weighted by molar-refractivity contribution is 5.93. The fourth-order valence-corrected chi connectivity index (χ4v) is 3.27. The summed E-state index contributed by atoms with van der Waals surface area (Å²) in [5.41, 5.74) is 0.286. The van der Waals surface area contributed by atoms with Gasteiger partial charge in [-0.2, -0.15) is 0 Å². The Labute approximate surface area is 170 Å². The molecule has 30 heavy (non-hydrogen) atoms. The summed E-state index contributed by atoms with van der Waals surface area (Å²) < 4.78 is 31.4. The Balaban J connectivity index is 1.49. The molecule has 0 aliphatic carbocycles. The van der Waals surface area contributed by atoms with Gasteiger partial charge in [0, 0.05) is 25.2 Å². The molecule has 0 bridgehead atoms. The number of carbonyl (C=O) groups is 2. The lowest BCUT2D eigenvalue weighted by Gasteiger charge is -2.32. The third kappa shape index (κ3) is 5.07. The molecule has 0 atom stereocenters. The summed E-state index contributed by atoms with van der Waals surface area (Å²) in [6.07, 6.45) is 0.832. The molecule has 158 valence electrons. The highest BCUT2D eigenvalue weighted by Gasteiger charge is 2.29. The van der Waals surface area contributed by atoms with Crippen LogP contribution in [0.25, 0.3) is 0 Å². The number of benzene rings is 2. The lowest BCUT2D eigenvalue weighted by Crippen LogP contribution is -2.37. The van der Waals surface area contributed by atoms with Crippen LogP contribution in [0.3, 0.4) is 0 Å². The minimum absolute atomic E-state index is 0.00298. The molecule has 8 nitrogen and oxygen atoms in total. The number of esters is 1. The van der Waals surface area contributed by atoms with E-state index in [0.29, 0.717) is 37.7 Å². The van der Waals surface area contributed by atoms with Crippen molar-refractivity contribution in [1.82, 2.24) is 0 Å². The third-order valence-corrected chi connectivity index (χ3v) is 4.80. The monoisotopic (exact) mass is 419 g/mol. The Morgan fingerprint density at radius 1 is 1.17 bits per heavy atom. The second-order valence-corrected chi connectivity index (χ2v) is 6.79. The van der Waals surface area contributed by atoms with E-state index < -0.39 is 41.0 Å². The van der Waals surface area contributed by atoms with Gasteiger partial charge in [0.15, 0.2) is 6.61 Å².